The van der Waals surface area contributed by atoms with Crippen LogP contribution in [0.15, 0.2) is 0 Å². The van der Waals surface area contributed by atoms with E-state index in [1.54, 1.807) is 0 Å². The minimum Gasteiger partial charge on any atom is -0.303 e. The minimum absolute atomic E-state index is 0.240. The Balaban J connectivity index is 3.53. The summed E-state index contributed by atoms with van der Waals surface area (Å²) in [6, 6.07) is 0. The zero-order valence-electron chi connectivity index (χ0n) is 4.66. The molecular formula is C5H8F2O. The Kier molecular flexibility index (Phi) is 2.58. The van der Waals surface area contributed by atoms with Gasteiger partial charge in [-0.25, -0.2) is 8.78 Å². The van der Waals surface area contributed by atoms with Gasteiger partial charge in [0.05, 0.1) is 6.42 Å². The van der Waals surface area contributed by atoms with Crippen LogP contribution in [-0.4, -0.2) is 12.2 Å². The summed E-state index contributed by atoms with van der Waals surface area (Å²) in [5.74, 6) is -2.78. The molecule has 0 aromatic carbocycles. The van der Waals surface area contributed by atoms with Gasteiger partial charge in [0.15, 0.2) is 0 Å². The molecule has 0 aromatic heterocycles. The molecule has 8 heavy (non-hydrogen) atoms. The third-order valence-electron chi connectivity index (χ3n) is 0.899. The molecule has 0 aliphatic rings. The zero-order chi connectivity index (χ0) is 6.62. The average molecular weight is 122 g/mol. The monoisotopic (exact) mass is 122 g/mol. The van der Waals surface area contributed by atoms with Crippen LogP contribution in [-0.2, 0) is 4.79 Å². The maximum atomic E-state index is 11.9. The Labute approximate surface area is 46.7 Å². The maximum Gasteiger partial charge on any atom is 0.254 e. The van der Waals surface area contributed by atoms with E-state index in [2.05, 4.69) is 0 Å². The average Bonchev–Trinajstić information content (AvgIpc) is 1.67. The maximum absolute atomic E-state index is 11.9. The topological polar surface area (TPSA) is 17.1 Å². The van der Waals surface area contributed by atoms with Crippen molar-refractivity contribution < 1.29 is 13.6 Å². The van der Waals surface area contributed by atoms with Crippen LogP contribution in [0.5, 0.6) is 0 Å². The molecule has 0 amide bonds. The van der Waals surface area contributed by atoms with Gasteiger partial charge in [0.25, 0.3) is 5.92 Å². The Bertz CT molecular complexity index is 80.5. The lowest BCUT2D eigenvalue weighted by atomic mass is 10.2. The van der Waals surface area contributed by atoms with E-state index in [1.165, 1.54) is 6.92 Å². The van der Waals surface area contributed by atoms with Crippen LogP contribution >= 0.6 is 0 Å². The molecule has 0 unspecified atom stereocenters. The lowest BCUT2D eigenvalue weighted by Gasteiger charge is -2.07. The fourth-order valence-electron chi connectivity index (χ4n) is 0.266. The number of hydrogen-bond donors (Lipinski definition) is 0. The Morgan fingerprint density at radius 1 is 1.62 bits per heavy atom. The number of halogens is 2. The highest BCUT2D eigenvalue weighted by molar-refractivity contribution is 5.50. The Morgan fingerprint density at radius 3 is 2.25 bits per heavy atom. The largest absolute Gasteiger partial charge is 0.303 e. The van der Waals surface area contributed by atoms with Gasteiger partial charge in [0.2, 0.25) is 0 Å². The van der Waals surface area contributed by atoms with Crippen molar-refractivity contribution in [1.82, 2.24) is 0 Å². The van der Waals surface area contributed by atoms with Crippen molar-refractivity contribution in [2.75, 3.05) is 0 Å². The highest BCUT2D eigenvalue weighted by atomic mass is 19.3. The third kappa shape index (κ3) is 2.66. The van der Waals surface area contributed by atoms with Crippen molar-refractivity contribution in [2.24, 2.45) is 0 Å². The first-order valence-corrected chi connectivity index (χ1v) is 2.44. The Morgan fingerprint density at radius 2 is 2.12 bits per heavy atom. The molecule has 1 nitrogen and oxygen atoms in total. The second-order valence-corrected chi connectivity index (χ2v) is 1.58. The first-order chi connectivity index (χ1) is 3.62. The number of rotatable bonds is 3. The molecule has 0 N–H and O–H groups in total. The molecular weight excluding hydrogens is 114 g/mol. The molecule has 0 radical (unpaired) electrons. The van der Waals surface area contributed by atoms with Gasteiger partial charge in [-0.1, -0.05) is 6.92 Å². The molecule has 0 heterocycles. The van der Waals surface area contributed by atoms with E-state index in [0.29, 0.717) is 0 Å². The van der Waals surface area contributed by atoms with E-state index < -0.39 is 12.3 Å². The number of hydrogen-bond acceptors (Lipinski definition) is 1. The van der Waals surface area contributed by atoms with Crippen molar-refractivity contribution in [3.63, 3.8) is 0 Å². The summed E-state index contributed by atoms with van der Waals surface area (Å²) in [6.45, 7) is 1.35. The van der Waals surface area contributed by atoms with Gasteiger partial charge in [-0.05, 0) is 0 Å². The van der Waals surface area contributed by atoms with E-state index in [-0.39, 0.29) is 12.7 Å². The van der Waals surface area contributed by atoms with Gasteiger partial charge in [0, 0.05) is 6.42 Å². The van der Waals surface area contributed by atoms with E-state index in [0.717, 1.165) is 0 Å². The second kappa shape index (κ2) is 2.74. The Hall–Kier alpha value is -0.470. The molecule has 3 heteroatoms. The molecule has 0 bridgehead atoms. The molecule has 0 atom stereocenters. The van der Waals surface area contributed by atoms with Gasteiger partial charge in [-0.2, -0.15) is 0 Å². The van der Waals surface area contributed by atoms with Gasteiger partial charge in [-0.15, -0.1) is 0 Å². The van der Waals surface area contributed by atoms with Crippen LogP contribution in [0.25, 0.3) is 0 Å². The van der Waals surface area contributed by atoms with Gasteiger partial charge < -0.3 is 4.79 Å². The van der Waals surface area contributed by atoms with Crippen molar-refractivity contribution >= 4 is 6.29 Å². The van der Waals surface area contributed by atoms with Crippen molar-refractivity contribution in [3.05, 3.63) is 0 Å². The quantitative estimate of drug-likeness (QED) is 0.520. The summed E-state index contributed by atoms with van der Waals surface area (Å²) in [6.07, 6.45) is -0.668. The summed E-state index contributed by atoms with van der Waals surface area (Å²) >= 11 is 0. The SMILES string of the molecule is CCC(F)(F)CC=O. The standard InChI is InChI=1S/C5H8F2O/c1-2-5(6,7)3-4-8/h4H,2-3H2,1H3. The first-order valence-electron chi connectivity index (χ1n) is 2.44. The molecule has 48 valence electrons. The highest BCUT2D eigenvalue weighted by Crippen LogP contribution is 2.19. The van der Waals surface area contributed by atoms with Crippen LogP contribution in [0.1, 0.15) is 19.8 Å². The number of carbonyl (C=O) groups is 1. The van der Waals surface area contributed by atoms with Gasteiger partial charge >= 0.3 is 0 Å². The molecule has 0 saturated carbocycles. The zero-order valence-corrected chi connectivity index (χ0v) is 4.66. The molecule has 0 aromatic rings. The van der Waals surface area contributed by atoms with Gasteiger partial charge in [0.1, 0.15) is 6.29 Å². The molecule has 0 saturated heterocycles. The van der Waals surface area contributed by atoms with E-state index in [1.807, 2.05) is 0 Å². The summed E-state index contributed by atoms with van der Waals surface area (Å²) in [7, 11) is 0. The second-order valence-electron chi connectivity index (χ2n) is 1.58. The van der Waals surface area contributed by atoms with Crippen LogP contribution in [0.3, 0.4) is 0 Å². The minimum atomic E-state index is -2.78. The molecule has 0 aliphatic carbocycles. The smallest absolute Gasteiger partial charge is 0.254 e. The van der Waals surface area contributed by atoms with Crippen molar-refractivity contribution in [1.29, 1.82) is 0 Å². The number of alkyl halides is 2. The molecule has 0 rings (SSSR count). The third-order valence-corrected chi connectivity index (χ3v) is 0.899. The summed E-state index contributed by atoms with van der Waals surface area (Å²) in [5, 5.41) is 0. The highest BCUT2D eigenvalue weighted by Gasteiger charge is 2.24. The van der Waals surface area contributed by atoms with Crippen LogP contribution < -0.4 is 0 Å². The lowest BCUT2D eigenvalue weighted by molar-refractivity contribution is -0.114. The number of aldehydes is 1. The normalized spacial score (nSPS) is 11.4. The van der Waals surface area contributed by atoms with Crippen LogP contribution in [0, 0.1) is 0 Å². The first kappa shape index (κ1) is 7.53. The predicted molar refractivity (Wildman–Crippen MR) is 25.9 cm³/mol. The van der Waals surface area contributed by atoms with E-state index in [9.17, 15) is 13.6 Å². The lowest BCUT2D eigenvalue weighted by Crippen LogP contribution is -2.13. The predicted octanol–water partition coefficient (Wildman–Crippen LogP) is 1.62. The summed E-state index contributed by atoms with van der Waals surface area (Å²) < 4.78 is 23.8. The van der Waals surface area contributed by atoms with Crippen molar-refractivity contribution in [2.45, 2.75) is 25.7 Å². The summed E-state index contributed by atoms with van der Waals surface area (Å²) in [4.78, 5) is 9.50. The fourth-order valence-corrected chi connectivity index (χ4v) is 0.266. The van der Waals surface area contributed by atoms with Gasteiger partial charge in [-0.3, -0.25) is 0 Å². The van der Waals surface area contributed by atoms with E-state index >= 15 is 0 Å². The van der Waals surface area contributed by atoms with Crippen LogP contribution in [0.2, 0.25) is 0 Å². The van der Waals surface area contributed by atoms with Crippen molar-refractivity contribution in [3.8, 4) is 0 Å². The fraction of sp³-hybridized carbons (Fsp3) is 0.800. The molecule has 0 spiro atoms. The van der Waals surface area contributed by atoms with E-state index in [4.69, 9.17) is 0 Å². The van der Waals surface area contributed by atoms with Crippen LogP contribution in [0.4, 0.5) is 8.78 Å². The molecule has 0 fully saturated rings. The summed E-state index contributed by atoms with van der Waals surface area (Å²) in [5.41, 5.74) is 0. The molecule has 0 aliphatic heterocycles. The number of carbonyl (C=O) groups excluding carboxylic acids is 1.